The molecule has 2 N–H and O–H groups in total. The molecule has 110 valence electrons. The average Bonchev–Trinajstić information content (AvgIpc) is 2.35. The lowest BCUT2D eigenvalue weighted by molar-refractivity contribution is -0.139. The van der Waals surface area contributed by atoms with Crippen LogP contribution in [0, 0.1) is 0 Å². The molecule has 0 aromatic rings. The summed E-state index contributed by atoms with van der Waals surface area (Å²) in [5.74, 6) is -0.341. The fourth-order valence-corrected chi connectivity index (χ4v) is 2.15. The van der Waals surface area contributed by atoms with E-state index in [4.69, 9.17) is 10.5 Å². The van der Waals surface area contributed by atoms with Gasteiger partial charge in [-0.15, -0.1) is 0 Å². The van der Waals surface area contributed by atoms with Crippen LogP contribution in [0.3, 0.4) is 0 Å². The number of hydrogen-bond donors (Lipinski definition) is 1. The first-order valence-corrected chi connectivity index (χ1v) is 6.93. The van der Waals surface area contributed by atoms with E-state index in [1.807, 2.05) is 11.8 Å². The second-order valence-electron chi connectivity index (χ2n) is 5.05. The van der Waals surface area contributed by atoms with Gasteiger partial charge in [0.2, 0.25) is 11.8 Å². The lowest BCUT2D eigenvalue weighted by Crippen LogP contribution is -2.49. The van der Waals surface area contributed by atoms with Gasteiger partial charge in [0.15, 0.2) is 0 Å². The molecule has 1 heterocycles. The molecule has 6 heteroatoms. The molecule has 0 unspecified atom stereocenters. The SMILES string of the molecule is CCCCN(CC(N)=O)CC(=O)N1CCO[C@H](C)C1. The first kappa shape index (κ1) is 15.9. The van der Waals surface area contributed by atoms with Gasteiger partial charge in [0.25, 0.3) is 0 Å². The number of primary amides is 1. The smallest absolute Gasteiger partial charge is 0.236 e. The van der Waals surface area contributed by atoms with Crippen LogP contribution in [0.2, 0.25) is 0 Å². The van der Waals surface area contributed by atoms with Crippen molar-refractivity contribution in [2.45, 2.75) is 32.8 Å². The number of ether oxygens (including phenoxy) is 1. The number of carbonyl (C=O) groups is 2. The fourth-order valence-electron chi connectivity index (χ4n) is 2.15. The van der Waals surface area contributed by atoms with Crippen molar-refractivity contribution >= 4 is 11.8 Å². The molecule has 1 atom stereocenters. The fraction of sp³-hybridized carbons (Fsp3) is 0.846. The van der Waals surface area contributed by atoms with Crippen LogP contribution in [0.1, 0.15) is 26.7 Å². The third-order valence-corrected chi connectivity index (χ3v) is 3.16. The molecule has 0 bridgehead atoms. The van der Waals surface area contributed by atoms with Crippen LogP contribution in [0.5, 0.6) is 0 Å². The van der Waals surface area contributed by atoms with E-state index in [2.05, 4.69) is 6.92 Å². The number of morpholine rings is 1. The molecular weight excluding hydrogens is 246 g/mol. The number of carbonyl (C=O) groups excluding carboxylic acids is 2. The Bertz CT molecular complexity index is 310. The summed E-state index contributed by atoms with van der Waals surface area (Å²) in [6, 6.07) is 0. The van der Waals surface area contributed by atoms with Crippen LogP contribution in [0.15, 0.2) is 0 Å². The van der Waals surface area contributed by atoms with Gasteiger partial charge in [-0.2, -0.15) is 0 Å². The lowest BCUT2D eigenvalue weighted by Gasteiger charge is -2.32. The van der Waals surface area contributed by atoms with Crippen LogP contribution in [-0.4, -0.2) is 67.0 Å². The summed E-state index contributed by atoms with van der Waals surface area (Å²) in [7, 11) is 0. The van der Waals surface area contributed by atoms with Gasteiger partial charge in [-0.25, -0.2) is 0 Å². The van der Waals surface area contributed by atoms with Gasteiger partial charge in [-0.3, -0.25) is 14.5 Å². The topological polar surface area (TPSA) is 75.9 Å². The van der Waals surface area contributed by atoms with E-state index in [0.29, 0.717) is 19.7 Å². The van der Waals surface area contributed by atoms with Gasteiger partial charge < -0.3 is 15.4 Å². The molecule has 0 aromatic heterocycles. The van der Waals surface area contributed by atoms with E-state index in [9.17, 15) is 9.59 Å². The number of unbranched alkanes of at least 4 members (excludes halogenated alkanes) is 1. The number of amides is 2. The summed E-state index contributed by atoms with van der Waals surface area (Å²) < 4.78 is 5.41. The Balaban J connectivity index is 2.46. The van der Waals surface area contributed by atoms with Crippen molar-refractivity contribution in [1.29, 1.82) is 0 Å². The highest BCUT2D eigenvalue weighted by Crippen LogP contribution is 2.06. The number of rotatable bonds is 7. The van der Waals surface area contributed by atoms with Gasteiger partial charge in [0.1, 0.15) is 0 Å². The second-order valence-corrected chi connectivity index (χ2v) is 5.05. The number of nitrogens with zero attached hydrogens (tertiary/aromatic N) is 2. The molecule has 1 saturated heterocycles. The van der Waals surface area contributed by atoms with Crippen molar-refractivity contribution < 1.29 is 14.3 Å². The molecule has 2 amide bonds. The van der Waals surface area contributed by atoms with E-state index < -0.39 is 0 Å². The summed E-state index contributed by atoms with van der Waals surface area (Å²) in [6.45, 7) is 6.99. The van der Waals surface area contributed by atoms with Crippen LogP contribution in [0.4, 0.5) is 0 Å². The van der Waals surface area contributed by atoms with Gasteiger partial charge in [-0.1, -0.05) is 13.3 Å². The first-order chi connectivity index (χ1) is 9.02. The highest BCUT2D eigenvalue weighted by atomic mass is 16.5. The second kappa shape index (κ2) is 8.12. The summed E-state index contributed by atoms with van der Waals surface area (Å²) in [5, 5.41) is 0. The van der Waals surface area contributed by atoms with Crippen molar-refractivity contribution in [2.75, 3.05) is 39.3 Å². The monoisotopic (exact) mass is 271 g/mol. The molecule has 0 aromatic carbocycles. The number of nitrogens with two attached hydrogens (primary N) is 1. The van der Waals surface area contributed by atoms with E-state index in [-0.39, 0.29) is 31.0 Å². The summed E-state index contributed by atoms with van der Waals surface area (Å²) in [5.41, 5.74) is 5.22. The average molecular weight is 271 g/mol. The van der Waals surface area contributed by atoms with E-state index in [0.717, 1.165) is 19.4 Å². The zero-order chi connectivity index (χ0) is 14.3. The van der Waals surface area contributed by atoms with Crippen molar-refractivity contribution in [3.05, 3.63) is 0 Å². The molecule has 1 fully saturated rings. The molecule has 0 spiro atoms. The maximum absolute atomic E-state index is 12.2. The molecule has 1 rings (SSSR count). The number of hydrogen-bond acceptors (Lipinski definition) is 4. The molecule has 0 saturated carbocycles. The lowest BCUT2D eigenvalue weighted by atomic mass is 10.2. The van der Waals surface area contributed by atoms with E-state index in [1.54, 1.807) is 4.90 Å². The van der Waals surface area contributed by atoms with Gasteiger partial charge in [0, 0.05) is 13.1 Å². The van der Waals surface area contributed by atoms with Crippen LogP contribution < -0.4 is 5.73 Å². The molecule has 1 aliphatic heterocycles. The highest BCUT2D eigenvalue weighted by molar-refractivity contribution is 5.80. The molecular formula is C13H25N3O3. The first-order valence-electron chi connectivity index (χ1n) is 6.93. The molecule has 0 radical (unpaired) electrons. The third kappa shape index (κ3) is 6.02. The molecule has 1 aliphatic rings. The Labute approximate surface area is 114 Å². The van der Waals surface area contributed by atoms with Gasteiger partial charge in [-0.05, 0) is 19.9 Å². The maximum Gasteiger partial charge on any atom is 0.236 e. The summed E-state index contributed by atoms with van der Waals surface area (Å²) in [6.07, 6.45) is 2.07. The van der Waals surface area contributed by atoms with E-state index >= 15 is 0 Å². The Hall–Kier alpha value is -1.14. The van der Waals surface area contributed by atoms with Gasteiger partial charge >= 0.3 is 0 Å². The molecule has 6 nitrogen and oxygen atoms in total. The van der Waals surface area contributed by atoms with Crippen LogP contribution in [-0.2, 0) is 14.3 Å². The minimum absolute atomic E-state index is 0.0486. The predicted octanol–water partition coefficient (Wildman–Crippen LogP) is -0.179. The Morgan fingerprint density at radius 2 is 2.16 bits per heavy atom. The van der Waals surface area contributed by atoms with Crippen molar-refractivity contribution in [1.82, 2.24) is 9.80 Å². The van der Waals surface area contributed by atoms with E-state index in [1.165, 1.54) is 0 Å². The minimum Gasteiger partial charge on any atom is -0.375 e. The Morgan fingerprint density at radius 3 is 2.74 bits per heavy atom. The highest BCUT2D eigenvalue weighted by Gasteiger charge is 2.23. The normalized spacial score (nSPS) is 19.7. The summed E-state index contributed by atoms with van der Waals surface area (Å²) in [4.78, 5) is 26.8. The molecule has 19 heavy (non-hydrogen) atoms. The standard InChI is InChI=1S/C13H25N3O3/c1-3-4-5-15(9-12(14)17)10-13(18)16-6-7-19-11(2)8-16/h11H,3-10H2,1-2H3,(H2,14,17)/t11-/m1/s1. The quantitative estimate of drug-likeness (QED) is 0.697. The summed E-state index contributed by atoms with van der Waals surface area (Å²) >= 11 is 0. The van der Waals surface area contributed by atoms with Crippen molar-refractivity contribution in [2.24, 2.45) is 5.73 Å². The zero-order valence-corrected chi connectivity index (χ0v) is 11.9. The van der Waals surface area contributed by atoms with Crippen LogP contribution >= 0.6 is 0 Å². The largest absolute Gasteiger partial charge is 0.375 e. The van der Waals surface area contributed by atoms with Gasteiger partial charge in [0.05, 0.1) is 25.8 Å². The van der Waals surface area contributed by atoms with Crippen molar-refractivity contribution in [3.63, 3.8) is 0 Å². The Morgan fingerprint density at radius 1 is 1.42 bits per heavy atom. The van der Waals surface area contributed by atoms with Crippen molar-refractivity contribution in [3.8, 4) is 0 Å². The minimum atomic E-state index is -0.390. The maximum atomic E-state index is 12.2. The Kier molecular flexibility index (Phi) is 6.80. The zero-order valence-electron chi connectivity index (χ0n) is 11.9. The van der Waals surface area contributed by atoms with Crippen LogP contribution in [0.25, 0.3) is 0 Å². The third-order valence-electron chi connectivity index (χ3n) is 3.16. The molecule has 0 aliphatic carbocycles. The predicted molar refractivity (Wildman–Crippen MR) is 72.5 cm³/mol.